The molecule has 0 aromatic heterocycles. The van der Waals surface area contributed by atoms with E-state index in [1.807, 2.05) is 0 Å². The summed E-state index contributed by atoms with van der Waals surface area (Å²) in [5, 5.41) is 12.3. The SMILES string of the molecule is Cc1cc(NC(=S)NCCc2ccc(S(N)(=O)=O)cc2)ccc1CN1CCCN(C)CCN(C)CCCN(C)CC1. The molecule has 1 aliphatic rings. The summed E-state index contributed by atoms with van der Waals surface area (Å²) in [4.78, 5) is 10.1. The molecule has 2 aromatic carbocycles. The van der Waals surface area contributed by atoms with Crippen LogP contribution in [0.1, 0.15) is 29.5 Å². The maximum Gasteiger partial charge on any atom is 0.238 e. The van der Waals surface area contributed by atoms with Gasteiger partial charge in [0.2, 0.25) is 10.0 Å². The third kappa shape index (κ3) is 12.3. The van der Waals surface area contributed by atoms with Gasteiger partial charge in [-0.3, -0.25) is 4.90 Å². The van der Waals surface area contributed by atoms with Crippen molar-refractivity contribution in [3.63, 3.8) is 0 Å². The number of benzene rings is 2. The summed E-state index contributed by atoms with van der Waals surface area (Å²) < 4.78 is 22.8. The lowest BCUT2D eigenvalue weighted by Crippen LogP contribution is -2.38. The van der Waals surface area contributed by atoms with Crippen LogP contribution in [0.5, 0.6) is 0 Å². The number of primary sulfonamides is 1. The number of nitrogens with zero attached hydrogens (tertiary/aromatic N) is 4. The van der Waals surface area contributed by atoms with E-state index in [2.05, 4.69) is 76.5 Å². The fourth-order valence-electron chi connectivity index (χ4n) is 4.97. The van der Waals surface area contributed by atoms with Gasteiger partial charge in [-0.2, -0.15) is 0 Å². The van der Waals surface area contributed by atoms with Gasteiger partial charge in [0.05, 0.1) is 4.90 Å². The number of likely N-dealkylation sites (N-methyl/N-ethyl adjacent to an activating group) is 3. The minimum Gasteiger partial charge on any atom is -0.362 e. The first-order chi connectivity index (χ1) is 19.5. The molecule has 1 heterocycles. The number of anilines is 1. The summed E-state index contributed by atoms with van der Waals surface area (Å²) in [7, 11) is 3.04. The third-order valence-electron chi connectivity index (χ3n) is 7.70. The van der Waals surface area contributed by atoms with Crippen molar-refractivity contribution in [2.24, 2.45) is 5.14 Å². The normalized spacial score (nSPS) is 18.1. The fraction of sp³-hybridized carbons (Fsp3) is 0.567. The standard InChI is InChI=1S/C30H49N7O2S2/c1-25-23-28(33-30(40)32-14-13-26-7-11-29(12-8-26)41(31,38)39)10-9-27(25)24-37-18-6-17-35(3)20-19-34(2)15-5-16-36(4)21-22-37/h7-12,23H,5-6,13-22,24H2,1-4H3,(H2,31,38,39)(H2,32,33,40). The first-order valence-electron chi connectivity index (χ1n) is 14.5. The van der Waals surface area contributed by atoms with Crippen LogP contribution < -0.4 is 15.8 Å². The zero-order chi connectivity index (χ0) is 29.8. The second-order valence-corrected chi connectivity index (χ2v) is 13.3. The van der Waals surface area contributed by atoms with Crippen molar-refractivity contribution < 1.29 is 8.42 Å². The average Bonchev–Trinajstić information content (AvgIpc) is 2.91. The van der Waals surface area contributed by atoms with E-state index in [-0.39, 0.29) is 4.90 Å². The van der Waals surface area contributed by atoms with Gasteiger partial charge < -0.3 is 25.3 Å². The number of aryl methyl sites for hydroxylation is 1. The molecule has 0 bridgehead atoms. The Kier molecular flexibility index (Phi) is 13.4. The van der Waals surface area contributed by atoms with Crippen molar-refractivity contribution in [3.8, 4) is 0 Å². The smallest absolute Gasteiger partial charge is 0.238 e. The first-order valence-corrected chi connectivity index (χ1v) is 16.5. The second-order valence-electron chi connectivity index (χ2n) is 11.4. The number of hydrogen-bond donors (Lipinski definition) is 3. The maximum absolute atomic E-state index is 11.4. The second kappa shape index (κ2) is 16.5. The summed E-state index contributed by atoms with van der Waals surface area (Å²) in [6.45, 7) is 12.6. The van der Waals surface area contributed by atoms with Crippen molar-refractivity contribution in [1.82, 2.24) is 24.9 Å². The summed E-state index contributed by atoms with van der Waals surface area (Å²) in [6.07, 6.45) is 3.08. The molecule has 1 saturated heterocycles. The quantitative estimate of drug-likeness (QED) is 0.413. The molecule has 11 heteroatoms. The Hall–Kier alpha value is -2.12. The van der Waals surface area contributed by atoms with E-state index in [4.69, 9.17) is 17.4 Å². The molecule has 1 aliphatic heterocycles. The Morgan fingerprint density at radius 3 is 2.02 bits per heavy atom. The zero-order valence-electron chi connectivity index (χ0n) is 25.2. The first kappa shape index (κ1) is 33.4. The van der Waals surface area contributed by atoms with Crippen molar-refractivity contribution in [2.45, 2.75) is 37.6 Å². The van der Waals surface area contributed by atoms with E-state index >= 15 is 0 Å². The lowest BCUT2D eigenvalue weighted by molar-refractivity contribution is 0.186. The van der Waals surface area contributed by atoms with Gasteiger partial charge in [0.1, 0.15) is 0 Å². The van der Waals surface area contributed by atoms with Crippen LogP contribution in [0, 0.1) is 6.92 Å². The molecule has 1 fully saturated rings. The Bertz CT molecular complexity index is 1210. The highest BCUT2D eigenvalue weighted by Crippen LogP contribution is 2.18. The molecule has 0 atom stereocenters. The number of sulfonamides is 1. The van der Waals surface area contributed by atoms with Crippen molar-refractivity contribution in [2.75, 3.05) is 85.4 Å². The number of rotatable bonds is 7. The maximum atomic E-state index is 11.4. The third-order valence-corrected chi connectivity index (χ3v) is 8.88. The lowest BCUT2D eigenvalue weighted by Gasteiger charge is -2.29. The number of hydrogen-bond acceptors (Lipinski definition) is 7. The van der Waals surface area contributed by atoms with Gasteiger partial charge in [-0.15, -0.1) is 0 Å². The monoisotopic (exact) mass is 603 g/mol. The van der Waals surface area contributed by atoms with E-state index < -0.39 is 10.0 Å². The largest absolute Gasteiger partial charge is 0.362 e. The summed E-state index contributed by atoms with van der Waals surface area (Å²) in [5.41, 5.74) is 4.57. The molecule has 4 N–H and O–H groups in total. The van der Waals surface area contributed by atoms with Crippen molar-refractivity contribution in [3.05, 3.63) is 59.2 Å². The van der Waals surface area contributed by atoms with E-state index in [1.54, 1.807) is 12.1 Å². The molecule has 0 amide bonds. The molecule has 2 aromatic rings. The van der Waals surface area contributed by atoms with Gasteiger partial charge in [-0.05, 0) is 127 Å². The molecule has 9 nitrogen and oxygen atoms in total. The van der Waals surface area contributed by atoms with Crippen LogP contribution in [0.4, 0.5) is 5.69 Å². The average molecular weight is 604 g/mol. The Morgan fingerprint density at radius 1 is 0.854 bits per heavy atom. The zero-order valence-corrected chi connectivity index (χ0v) is 26.9. The van der Waals surface area contributed by atoms with Gasteiger partial charge in [0, 0.05) is 45.0 Å². The molecule has 0 aliphatic carbocycles. The van der Waals surface area contributed by atoms with E-state index in [0.29, 0.717) is 18.1 Å². The molecule has 228 valence electrons. The van der Waals surface area contributed by atoms with Crippen molar-refractivity contribution >= 4 is 33.0 Å². The van der Waals surface area contributed by atoms with Gasteiger partial charge in [0.15, 0.2) is 5.11 Å². The highest BCUT2D eigenvalue weighted by molar-refractivity contribution is 7.89. The highest BCUT2D eigenvalue weighted by Gasteiger charge is 2.13. The van der Waals surface area contributed by atoms with Gasteiger partial charge in [0.25, 0.3) is 0 Å². The van der Waals surface area contributed by atoms with Crippen LogP contribution in [-0.2, 0) is 23.0 Å². The Morgan fingerprint density at radius 2 is 1.44 bits per heavy atom. The van der Waals surface area contributed by atoms with E-state index in [1.165, 1.54) is 36.1 Å². The summed E-state index contributed by atoms with van der Waals surface area (Å²) in [5.74, 6) is 0. The molecule has 41 heavy (non-hydrogen) atoms. The molecular weight excluding hydrogens is 555 g/mol. The van der Waals surface area contributed by atoms with Gasteiger partial charge in [-0.25, -0.2) is 13.6 Å². The predicted octanol–water partition coefficient (Wildman–Crippen LogP) is 2.56. The van der Waals surface area contributed by atoms with Crippen LogP contribution in [0.2, 0.25) is 0 Å². The number of thiocarbonyl (C=S) groups is 1. The van der Waals surface area contributed by atoms with Crippen LogP contribution in [0.25, 0.3) is 0 Å². The molecule has 0 unspecified atom stereocenters. The van der Waals surface area contributed by atoms with Crippen LogP contribution in [0.3, 0.4) is 0 Å². The fourth-order valence-corrected chi connectivity index (χ4v) is 5.70. The topological polar surface area (TPSA) is 97.2 Å². The van der Waals surface area contributed by atoms with Gasteiger partial charge >= 0.3 is 0 Å². The Labute approximate surface area is 253 Å². The number of nitrogens with one attached hydrogen (secondary N) is 2. The van der Waals surface area contributed by atoms with Crippen molar-refractivity contribution in [1.29, 1.82) is 0 Å². The van der Waals surface area contributed by atoms with E-state index in [9.17, 15) is 8.42 Å². The summed E-state index contributed by atoms with van der Waals surface area (Å²) >= 11 is 5.51. The summed E-state index contributed by atoms with van der Waals surface area (Å²) in [6, 6.07) is 13.1. The van der Waals surface area contributed by atoms with Gasteiger partial charge in [-0.1, -0.05) is 18.2 Å². The highest BCUT2D eigenvalue weighted by atomic mass is 32.2. The molecule has 0 saturated carbocycles. The Balaban J connectivity index is 1.50. The van der Waals surface area contributed by atoms with Crippen LogP contribution >= 0.6 is 12.2 Å². The molecular formula is C30H49N7O2S2. The van der Waals surface area contributed by atoms with Crippen LogP contribution in [-0.4, -0.2) is 113 Å². The van der Waals surface area contributed by atoms with E-state index in [0.717, 1.165) is 70.2 Å². The minimum absolute atomic E-state index is 0.118. The number of nitrogens with two attached hydrogens (primary N) is 1. The molecule has 0 spiro atoms. The molecule has 0 radical (unpaired) electrons. The minimum atomic E-state index is -3.67. The predicted molar refractivity (Wildman–Crippen MR) is 174 cm³/mol. The lowest BCUT2D eigenvalue weighted by atomic mass is 10.1. The van der Waals surface area contributed by atoms with Crippen LogP contribution in [0.15, 0.2) is 47.4 Å². The molecule has 3 rings (SSSR count).